The molecule has 3 aromatic carbocycles. The van der Waals surface area contributed by atoms with Crippen molar-refractivity contribution in [1.29, 1.82) is 0 Å². The van der Waals surface area contributed by atoms with Gasteiger partial charge >= 0.3 is 6.09 Å². The fourth-order valence-corrected chi connectivity index (χ4v) is 4.64. The van der Waals surface area contributed by atoms with Gasteiger partial charge in [-0.25, -0.2) is 4.79 Å². The average molecular weight is 514 g/mol. The summed E-state index contributed by atoms with van der Waals surface area (Å²) in [4.78, 5) is 14.6. The Morgan fingerprint density at radius 3 is 2.28 bits per heavy atom. The van der Waals surface area contributed by atoms with E-state index in [1.54, 1.807) is 12.1 Å². The minimum Gasteiger partial charge on any atom is -0.410 e. The van der Waals surface area contributed by atoms with Crippen molar-refractivity contribution in [2.45, 2.75) is 25.8 Å². The molecule has 1 saturated heterocycles. The lowest BCUT2D eigenvalue weighted by Crippen LogP contribution is -2.28. The van der Waals surface area contributed by atoms with Crippen LogP contribution < -0.4 is 10.1 Å². The zero-order valence-electron chi connectivity index (χ0n) is 17.8. The highest BCUT2D eigenvalue weighted by molar-refractivity contribution is 9.10. The first-order valence-electron chi connectivity index (χ1n) is 10.9. The number of ether oxygens (including phenoxy) is 1. The van der Waals surface area contributed by atoms with Crippen LogP contribution in [0.1, 0.15) is 24.0 Å². The molecule has 166 valence electrons. The van der Waals surface area contributed by atoms with Gasteiger partial charge in [0.1, 0.15) is 5.75 Å². The molecule has 0 aliphatic carbocycles. The summed E-state index contributed by atoms with van der Waals surface area (Å²) in [5, 5.41) is 3.53. The number of amides is 1. The van der Waals surface area contributed by atoms with Gasteiger partial charge in [-0.15, -0.1) is 0 Å². The minimum atomic E-state index is -0.453. The molecule has 0 aromatic heterocycles. The van der Waals surface area contributed by atoms with Crippen LogP contribution in [0, 0.1) is 0 Å². The maximum Gasteiger partial charge on any atom is 0.412 e. The Hall–Kier alpha value is -2.34. The summed E-state index contributed by atoms with van der Waals surface area (Å²) in [6.07, 6.45) is 2.88. The first-order chi connectivity index (χ1) is 15.6. The number of benzene rings is 3. The highest BCUT2D eigenvalue weighted by Gasteiger charge is 2.12. The summed E-state index contributed by atoms with van der Waals surface area (Å²) in [6, 6.07) is 21.6. The van der Waals surface area contributed by atoms with E-state index in [2.05, 4.69) is 44.3 Å². The van der Waals surface area contributed by atoms with E-state index in [1.807, 2.05) is 36.4 Å². The third-order valence-electron chi connectivity index (χ3n) is 5.63. The zero-order valence-corrected chi connectivity index (χ0v) is 20.2. The van der Waals surface area contributed by atoms with E-state index in [0.717, 1.165) is 28.6 Å². The summed E-state index contributed by atoms with van der Waals surface area (Å²) in [5.41, 5.74) is 4.58. The van der Waals surface area contributed by atoms with E-state index in [0.29, 0.717) is 17.3 Å². The molecule has 0 radical (unpaired) electrons. The number of carbonyl (C=O) groups excluding carboxylic acids is 1. The molecule has 1 amide bonds. The monoisotopic (exact) mass is 512 g/mol. The van der Waals surface area contributed by atoms with Crippen LogP contribution in [0.25, 0.3) is 11.1 Å². The Morgan fingerprint density at radius 1 is 0.969 bits per heavy atom. The summed E-state index contributed by atoms with van der Waals surface area (Å²) in [7, 11) is 0. The van der Waals surface area contributed by atoms with Gasteiger partial charge in [-0.1, -0.05) is 63.9 Å². The van der Waals surface area contributed by atoms with Crippen molar-refractivity contribution in [2.24, 2.45) is 0 Å². The molecule has 0 saturated carbocycles. The van der Waals surface area contributed by atoms with Crippen LogP contribution in [0.5, 0.6) is 5.75 Å². The molecule has 0 bridgehead atoms. The molecular weight excluding hydrogens is 488 g/mol. The maximum absolute atomic E-state index is 12.2. The number of likely N-dealkylation sites (tertiary alicyclic amines) is 1. The van der Waals surface area contributed by atoms with Crippen molar-refractivity contribution < 1.29 is 9.53 Å². The molecule has 1 N–H and O–H groups in total. The Morgan fingerprint density at radius 2 is 1.62 bits per heavy atom. The lowest BCUT2D eigenvalue weighted by molar-refractivity contribution is 0.200. The van der Waals surface area contributed by atoms with Gasteiger partial charge in [-0.2, -0.15) is 0 Å². The summed E-state index contributed by atoms with van der Waals surface area (Å²) in [6.45, 7) is 3.89. The highest BCUT2D eigenvalue weighted by Crippen LogP contribution is 2.24. The van der Waals surface area contributed by atoms with E-state index in [-0.39, 0.29) is 0 Å². The molecule has 3 aromatic rings. The fourth-order valence-electron chi connectivity index (χ4n) is 3.89. The predicted molar refractivity (Wildman–Crippen MR) is 133 cm³/mol. The number of nitrogens with zero attached hydrogens (tertiary/aromatic N) is 1. The number of carbonyl (C=O) groups is 1. The lowest BCUT2D eigenvalue weighted by Gasteiger charge is -2.15. The molecule has 1 aliphatic heterocycles. The molecule has 0 atom stereocenters. The lowest BCUT2D eigenvalue weighted by atomic mass is 10.1. The Balaban J connectivity index is 1.24. The zero-order chi connectivity index (χ0) is 22.3. The quantitative estimate of drug-likeness (QED) is 0.382. The van der Waals surface area contributed by atoms with Crippen molar-refractivity contribution >= 4 is 33.6 Å². The largest absolute Gasteiger partial charge is 0.412 e. The number of halogens is 2. The van der Waals surface area contributed by atoms with Gasteiger partial charge in [-0.3, -0.25) is 4.90 Å². The normalized spacial score (nSPS) is 13.8. The molecule has 4 nitrogen and oxygen atoms in total. The first kappa shape index (κ1) is 22.8. The van der Waals surface area contributed by atoms with Crippen molar-refractivity contribution in [1.82, 2.24) is 10.2 Å². The van der Waals surface area contributed by atoms with Gasteiger partial charge in [0.2, 0.25) is 0 Å². The van der Waals surface area contributed by atoms with Crippen LogP contribution in [-0.4, -0.2) is 30.6 Å². The van der Waals surface area contributed by atoms with E-state index in [1.165, 1.54) is 37.1 Å². The second kappa shape index (κ2) is 11.0. The molecule has 1 fully saturated rings. The number of rotatable bonds is 7. The van der Waals surface area contributed by atoms with Crippen LogP contribution in [-0.2, 0) is 13.0 Å². The minimum absolute atomic E-state index is 0.453. The predicted octanol–water partition coefficient (Wildman–Crippen LogP) is 6.70. The standard InChI is InChI=1S/C26H26BrClN2O2/c27-25-17-19(18-30-15-1-2-16-30)3-4-22(25)13-14-29-26(31)32-24-11-7-21(8-12-24)20-5-9-23(28)10-6-20/h3-12,17H,1-2,13-16,18H2,(H,29,31). The van der Waals surface area contributed by atoms with Crippen LogP contribution in [0.2, 0.25) is 5.02 Å². The van der Waals surface area contributed by atoms with Crippen LogP contribution in [0.3, 0.4) is 0 Å². The maximum atomic E-state index is 12.2. The van der Waals surface area contributed by atoms with Gasteiger partial charge < -0.3 is 10.1 Å². The molecule has 4 rings (SSSR count). The first-order valence-corrected chi connectivity index (χ1v) is 12.1. The Kier molecular flexibility index (Phi) is 7.85. The van der Waals surface area contributed by atoms with E-state index >= 15 is 0 Å². The highest BCUT2D eigenvalue weighted by atomic mass is 79.9. The van der Waals surface area contributed by atoms with Gasteiger partial charge in [0.05, 0.1) is 0 Å². The van der Waals surface area contributed by atoms with E-state index in [4.69, 9.17) is 16.3 Å². The second-order valence-corrected chi connectivity index (χ2v) is 9.30. The smallest absolute Gasteiger partial charge is 0.410 e. The van der Waals surface area contributed by atoms with Gasteiger partial charge in [0, 0.05) is 22.6 Å². The topological polar surface area (TPSA) is 41.6 Å². The SMILES string of the molecule is O=C(NCCc1ccc(CN2CCCC2)cc1Br)Oc1ccc(-c2ccc(Cl)cc2)cc1. The van der Waals surface area contributed by atoms with Crippen molar-refractivity contribution in [2.75, 3.05) is 19.6 Å². The number of hydrogen-bond acceptors (Lipinski definition) is 3. The molecule has 0 spiro atoms. The Bertz CT molecular complexity index is 1050. The Labute approximate surface area is 202 Å². The number of hydrogen-bond donors (Lipinski definition) is 1. The third-order valence-corrected chi connectivity index (χ3v) is 6.62. The molecule has 1 heterocycles. The average Bonchev–Trinajstić information content (AvgIpc) is 3.29. The van der Waals surface area contributed by atoms with E-state index < -0.39 is 6.09 Å². The van der Waals surface area contributed by atoms with Gasteiger partial charge in [0.25, 0.3) is 0 Å². The van der Waals surface area contributed by atoms with E-state index in [9.17, 15) is 4.79 Å². The van der Waals surface area contributed by atoms with Crippen LogP contribution in [0.4, 0.5) is 4.79 Å². The van der Waals surface area contributed by atoms with Crippen LogP contribution in [0.15, 0.2) is 71.2 Å². The summed E-state index contributed by atoms with van der Waals surface area (Å²) < 4.78 is 6.48. The molecule has 6 heteroatoms. The fraction of sp³-hybridized carbons (Fsp3) is 0.269. The molecule has 32 heavy (non-hydrogen) atoms. The summed E-state index contributed by atoms with van der Waals surface area (Å²) >= 11 is 9.62. The van der Waals surface area contributed by atoms with Crippen LogP contribution >= 0.6 is 27.5 Å². The molecular formula is C26H26BrClN2O2. The number of nitrogens with one attached hydrogen (secondary N) is 1. The second-order valence-electron chi connectivity index (χ2n) is 8.01. The third kappa shape index (κ3) is 6.35. The molecule has 0 unspecified atom stereocenters. The van der Waals surface area contributed by atoms with Crippen molar-refractivity contribution in [3.63, 3.8) is 0 Å². The molecule has 1 aliphatic rings. The van der Waals surface area contributed by atoms with Gasteiger partial charge in [0.15, 0.2) is 0 Å². The summed E-state index contributed by atoms with van der Waals surface area (Å²) in [5.74, 6) is 0.507. The van der Waals surface area contributed by atoms with Gasteiger partial charge in [-0.05, 0) is 84.9 Å². The van der Waals surface area contributed by atoms with Crippen molar-refractivity contribution in [3.8, 4) is 16.9 Å². The van der Waals surface area contributed by atoms with Crippen molar-refractivity contribution in [3.05, 3.63) is 87.4 Å².